The zero-order chi connectivity index (χ0) is 22.9. The van der Waals surface area contributed by atoms with Crippen molar-refractivity contribution < 1.29 is 14.3 Å². The van der Waals surface area contributed by atoms with Crippen LogP contribution in [-0.2, 0) is 11.3 Å². The smallest absolute Gasteiger partial charge is 0.278 e. The first kappa shape index (κ1) is 20.8. The third-order valence-corrected chi connectivity index (χ3v) is 5.81. The van der Waals surface area contributed by atoms with Gasteiger partial charge in [-0.3, -0.25) is 14.2 Å². The number of methoxy groups -OCH3 is 2. The summed E-state index contributed by atoms with van der Waals surface area (Å²) in [6, 6.07) is 15.1. The van der Waals surface area contributed by atoms with Crippen LogP contribution in [0.5, 0.6) is 11.5 Å². The zero-order valence-electron chi connectivity index (χ0n) is 18.4. The second-order valence-corrected chi connectivity index (χ2v) is 8.04. The molecule has 1 amide bonds. The highest BCUT2D eigenvalue weighted by atomic mass is 16.5. The minimum Gasteiger partial charge on any atom is -0.493 e. The Morgan fingerprint density at radius 2 is 1.85 bits per heavy atom. The number of anilines is 1. The van der Waals surface area contributed by atoms with Gasteiger partial charge in [0.25, 0.3) is 5.56 Å². The molecule has 5 rings (SSSR count). The number of carbonyl (C=O) groups is 1. The Morgan fingerprint density at radius 3 is 2.55 bits per heavy atom. The van der Waals surface area contributed by atoms with E-state index >= 15 is 0 Å². The Hall–Kier alpha value is -4.07. The highest BCUT2D eigenvalue weighted by Gasteiger charge is 2.27. The molecule has 1 saturated carbocycles. The van der Waals surface area contributed by atoms with Gasteiger partial charge < -0.3 is 19.4 Å². The number of nitrogens with one attached hydrogen (secondary N) is 1. The number of carbonyl (C=O) groups excluding carboxylic acids is 1. The maximum atomic E-state index is 13.3. The molecule has 8 heteroatoms. The van der Waals surface area contributed by atoms with E-state index in [-0.39, 0.29) is 24.1 Å². The van der Waals surface area contributed by atoms with Gasteiger partial charge in [-0.1, -0.05) is 30.3 Å². The lowest BCUT2D eigenvalue weighted by Crippen LogP contribution is -2.24. The van der Waals surface area contributed by atoms with Crippen LogP contribution in [-0.4, -0.2) is 34.2 Å². The Bertz CT molecular complexity index is 1390. The van der Waals surface area contributed by atoms with E-state index in [0.717, 1.165) is 24.0 Å². The first-order valence-corrected chi connectivity index (χ1v) is 10.8. The van der Waals surface area contributed by atoms with Crippen molar-refractivity contribution in [3.63, 3.8) is 0 Å². The Labute approximate surface area is 190 Å². The zero-order valence-corrected chi connectivity index (χ0v) is 18.4. The van der Waals surface area contributed by atoms with Crippen LogP contribution >= 0.6 is 0 Å². The molecule has 33 heavy (non-hydrogen) atoms. The Kier molecular flexibility index (Phi) is 5.34. The summed E-state index contributed by atoms with van der Waals surface area (Å²) in [5.74, 6) is 0.829. The normalized spacial score (nSPS) is 13.2. The van der Waals surface area contributed by atoms with Crippen molar-refractivity contribution in [2.45, 2.75) is 25.4 Å². The average molecular weight is 444 g/mol. The summed E-state index contributed by atoms with van der Waals surface area (Å²) in [7, 11) is 3.10. The largest absolute Gasteiger partial charge is 0.493 e. The van der Waals surface area contributed by atoms with E-state index in [9.17, 15) is 9.59 Å². The van der Waals surface area contributed by atoms with Gasteiger partial charge in [0.2, 0.25) is 5.91 Å². The average Bonchev–Trinajstić information content (AvgIpc) is 3.61. The van der Waals surface area contributed by atoms with E-state index in [1.807, 2.05) is 36.5 Å². The van der Waals surface area contributed by atoms with Crippen LogP contribution < -0.4 is 20.3 Å². The van der Waals surface area contributed by atoms with Crippen molar-refractivity contribution in [1.29, 1.82) is 0 Å². The van der Waals surface area contributed by atoms with Crippen molar-refractivity contribution in [1.82, 2.24) is 14.1 Å². The molecular weight excluding hydrogens is 420 g/mol. The molecule has 1 fully saturated rings. The van der Waals surface area contributed by atoms with Gasteiger partial charge in [-0.15, -0.1) is 0 Å². The van der Waals surface area contributed by atoms with Crippen molar-refractivity contribution in [3.8, 4) is 22.6 Å². The summed E-state index contributed by atoms with van der Waals surface area (Å²) in [4.78, 5) is 30.9. The fourth-order valence-corrected chi connectivity index (χ4v) is 4.03. The SMILES string of the molecule is COc1ccc(NC(=O)Cn2cc(-c3ccccc3)c3ncn(C4CC4)c(=O)c32)cc1OC. The van der Waals surface area contributed by atoms with Crippen LogP contribution in [0.15, 0.2) is 65.8 Å². The lowest BCUT2D eigenvalue weighted by molar-refractivity contribution is -0.116. The molecule has 1 aliphatic rings. The van der Waals surface area contributed by atoms with Gasteiger partial charge in [0.05, 0.1) is 20.5 Å². The first-order chi connectivity index (χ1) is 16.1. The Balaban J connectivity index is 1.51. The van der Waals surface area contributed by atoms with Crippen molar-refractivity contribution in [2.75, 3.05) is 19.5 Å². The molecule has 0 spiro atoms. The molecule has 0 radical (unpaired) electrons. The molecule has 1 N–H and O–H groups in total. The molecular formula is C25H24N4O4. The van der Waals surface area contributed by atoms with Gasteiger partial charge in [0.15, 0.2) is 11.5 Å². The summed E-state index contributed by atoms with van der Waals surface area (Å²) < 4.78 is 13.9. The van der Waals surface area contributed by atoms with E-state index in [1.54, 1.807) is 47.9 Å². The third-order valence-electron chi connectivity index (χ3n) is 5.81. The van der Waals surface area contributed by atoms with E-state index < -0.39 is 0 Å². The predicted octanol–water partition coefficient (Wildman–Crippen LogP) is 3.86. The maximum absolute atomic E-state index is 13.3. The summed E-state index contributed by atoms with van der Waals surface area (Å²) >= 11 is 0. The molecule has 168 valence electrons. The third kappa shape index (κ3) is 3.95. The number of fused-ring (bicyclic) bond motifs is 1. The van der Waals surface area contributed by atoms with Crippen LogP contribution in [0, 0.1) is 0 Å². The highest BCUT2D eigenvalue weighted by molar-refractivity contribution is 5.95. The van der Waals surface area contributed by atoms with Crippen molar-refractivity contribution in [2.24, 2.45) is 0 Å². The number of nitrogens with zero attached hydrogens (tertiary/aromatic N) is 3. The molecule has 0 aliphatic heterocycles. The summed E-state index contributed by atoms with van der Waals surface area (Å²) in [5.41, 5.74) is 3.25. The molecule has 8 nitrogen and oxygen atoms in total. The molecule has 2 heterocycles. The van der Waals surface area contributed by atoms with Crippen LogP contribution in [0.3, 0.4) is 0 Å². The monoisotopic (exact) mass is 444 g/mol. The summed E-state index contributed by atoms with van der Waals surface area (Å²) in [5, 5.41) is 2.87. The number of hydrogen-bond acceptors (Lipinski definition) is 5. The van der Waals surface area contributed by atoms with E-state index in [4.69, 9.17) is 9.47 Å². The molecule has 2 aromatic heterocycles. The van der Waals surface area contributed by atoms with Gasteiger partial charge in [-0.05, 0) is 30.5 Å². The van der Waals surface area contributed by atoms with Crippen molar-refractivity contribution in [3.05, 3.63) is 71.4 Å². The number of benzene rings is 2. The van der Waals surface area contributed by atoms with Crippen LogP contribution in [0.4, 0.5) is 5.69 Å². The second-order valence-electron chi connectivity index (χ2n) is 8.04. The molecule has 1 aliphatic carbocycles. The number of amides is 1. The van der Waals surface area contributed by atoms with E-state index in [1.165, 1.54) is 0 Å². The summed E-state index contributed by atoms with van der Waals surface area (Å²) in [6.45, 7) is -0.0245. The minimum atomic E-state index is -0.264. The quantitative estimate of drug-likeness (QED) is 0.468. The standard InChI is InChI=1S/C25H24N4O4/c1-32-20-11-8-17(12-21(20)33-2)27-22(30)14-28-13-19(16-6-4-3-5-7-16)23-24(28)25(31)29(15-26-23)18-9-10-18/h3-8,11-13,15,18H,9-10,14H2,1-2H3,(H,27,30). The van der Waals surface area contributed by atoms with Gasteiger partial charge in [-0.25, -0.2) is 4.98 Å². The van der Waals surface area contributed by atoms with E-state index in [2.05, 4.69) is 10.3 Å². The van der Waals surface area contributed by atoms with Crippen molar-refractivity contribution >= 4 is 22.6 Å². The maximum Gasteiger partial charge on any atom is 0.278 e. The van der Waals surface area contributed by atoms with Crippen LogP contribution in [0.2, 0.25) is 0 Å². The minimum absolute atomic E-state index is 0.0245. The summed E-state index contributed by atoms with van der Waals surface area (Å²) in [6.07, 6.45) is 5.40. The molecule has 2 aromatic carbocycles. The lowest BCUT2D eigenvalue weighted by Gasteiger charge is -2.11. The lowest BCUT2D eigenvalue weighted by atomic mass is 10.1. The predicted molar refractivity (Wildman–Crippen MR) is 126 cm³/mol. The molecule has 0 unspecified atom stereocenters. The van der Waals surface area contributed by atoms with Gasteiger partial charge in [-0.2, -0.15) is 0 Å². The number of ether oxygens (including phenoxy) is 2. The molecule has 0 saturated heterocycles. The number of aromatic nitrogens is 3. The highest BCUT2D eigenvalue weighted by Crippen LogP contribution is 2.34. The second kappa shape index (κ2) is 8.46. The number of rotatable bonds is 7. The van der Waals surface area contributed by atoms with Gasteiger partial charge in [0.1, 0.15) is 17.6 Å². The number of hydrogen-bond donors (Lipinski definition) is 1. The Morgan fingerprint density at radius 1 is 1.09 bits per heavy atom. The fraction of sp³-hybridized carbons (Fsp3) is 0.240. The fourth-order valence-electron chi connectivity index (χ4n) is 4.03. The van der Waals surface area contributed by atoms with E-state index in [0.29, 0.717) is 28.2 Å². The van der Waals surface area contributed by atoms with Crippen LogP contribution in [0.1, 0.15) is 18.9 Å². The topological polar surface area (TPSA) is 87.4 Å². The molecule has 4 aromatic rings. The van der Waals surface area contributed by atoms with Gasteiger partial charge in [0, 0.05) is 29.6 Å². The molecule has 0 bridgehead atoms. The van der Waals surface area contributed by atoms with Gasteiger partial charge >= 0.3 is 0 Å². The molecule has 0 atom stereocenters. The first-order valence-electron chi connectivity index (χ1n) is 10.8. The van der Waals surface area contributed by atoms with Crippen LogP contribution in [0.25, 0.3) is 22.2 Å².